The molecule has 0 unspecified atom stereocenters. The number of nitrogens with two attached hydrogens (primary N) is 1. The first-order valence-electron chi connectivity index (χ1n) is 11.3. The van der Waals surface area contributed by atoms with Gasteiger partial charge in [0.1, 0.15) is 23.2 Å². The van der Waals surface area contributed by atoms with Gasteiger partial charge in [0.25, 0.3) is 0 Å². The van der Waals surface area contributed by atoms with Crippen LogP contribution >= 0.6 is 24.4 Å². The van der Waals surface area contributed by atoms with Crippen molar-refractivity contribution < 1.29 is 19.1 Å². The lowest BCUT2D eigenvalue weighted by molar-refractivity contribution is -0.144. The summed E-state index contributed by atoms with van der Waals surface area (Å²) >= 11 is 10.2. The third kappa shape index (κ3) is 16.5. The van der Waals surface area contributed by atoms with Gasteiger partial charge < -0.3 is 20.1 Å². The second-order valence-electron chi connectivity index (χ2n) is 7.43. The van der Waals surface area contributed by atoms with Gasteiger partial charge in [-0.2, -0.15) is 0 Å². The highest BCUT2D eigenvalue weighted by Gasteiger charge is 2.14. The Morgan fingerprint density at radius 2 is 1.13 bits per heavy atom. The standard InChI is InChI=1S/C22H40N2O4S2/c1-3-5-7-9-11-13-19(25)27-17-15-24(22(30)21(23)29)16-18-28-20(26)14-12-10-8-6-4-2/h3-18H2,1-2H3,(H2,23,29). The van der Waals surface area contributed by atoms with Crippen LogP contribution in [0.15, 0.2) is 0 Å². The molecule has 0 saturated carbocycles. The Balaban J connectivity index is 4.12. The fourth-order valence-electron chi connectivity index (χ4n) is 2.90. The molecule has 6 nitrogen and oxygen atoms in total. The van der Waals surface area contributed by atoms with Crippen LogP contribution in [-0.4, -0.2) is 53.1 Å². The van der Waals surface area contributed by atoms with Crippen molar-refractivity contribution in [3.05, 3.63) is 0 Å². The van der Waals surface area contributed by atoms with Crippen molar-refractivity contribution in [2.45, 2.75) is 90.9 Å². The molecule has 0 spiro atoms. The fraction of sp³-hybridized carbons (Fsp3) is 0.818. The van der Waals surface area contributed by atoms with Crippen LogP contribution in [0.1, 0.15) is 90.9 Å². The van der Waals surface area contributed by atoms with Gasteiger partial charge in [-0.1, -0.05) is 89.6 Å². The smallest absolute Gasteiger partial charge is 0.305 e. The topological polar surface area (TPSA) is 81.9 Å². The molecule has 8 heteroatoms. The zero-order chi connectivity index (χ0) is 22.6. The minimum Gasteiger partial charge on any atom is -0.464 e. The Morgan fingerprint density at radius 3 is 1.50 bits per heavy atom. The quantitative estimate of drug-likeness (QED) is 0.179. The highest BCUT2D eigenvalue weighted by Crippen LogP contribution is 2.07. The van der Waals surface area contributed by atoms with Gasteiger partial charge in [-0.3, -0.25) is 9.59 Å². The SMILES string of the molecule is CCCCCCCC(=O)OCCN(CCOC(=O)CCCCCCC)C(=S)C(N)=S. The van der Waals surface area contributed by atoms with Gasteiger partial charge in [0.15, 0.2) is 0 Å². The lowest BCUT2D eigenvalue weighted by Gasteiger charge is -2.24. The van der Waals surface area contributed by atoms with Gasteiger partial charge in [0.05, 0.1) is 13.1 Å². The second-order valence-corrected chi connectivity index (χ2v) is 8.25. The zero-order valence-electron chi connectivity index (χ0n) is 18.8. The zero-order valence-corrected chi connectivity index (χ0v) is 20.4. The van der Waals surface area contributed by atoms with Crippen molar-refractivity contribution in [1.29, 1.82) is 0 Å². The van der Waals surface area contributed by atoms with Crippen LogP contribution < -0.4 is 5.73 Å². The predicted molar refractivity (Wildman–Crippen MR) is 130 cm³/mol. The minimum absolute atomic E-state index is 0.106. The van der Waals surface area contributed by atoms with Crippen LogP contribution in [0.2, 0.25) is 0 Å². The highest BCUT2D eigenvalue weighted by atomic mass is 32.1. The van der Waals surface area contributed by atoms with Gasteiger partial charge in [-0.05, 0) is 12.8 Å². The van der Waals surface area contributed by atoms with E-state index >= 15 is 0 Å². The predicted octanol–water partition coefficient (Wildman–Crippen LogP) is 4.71. The van der Waals surface area contributed by atoms with Crippen molar-refractivity contribution in [3.8, 4) is 0 Å². The molecular formula is C22H40N2O4S2. The van der Waals surface area contributed by atoms with E-state index in [2.05, 4.69) is 13.8 Å². The Morgan fingerprint density at radius 1 is 0.733 bits per heavy atom. The van der Waals surface area contributed by atoms with Crippen molar-refractivity contribution in [3.63, 3.8) is 0 Å². The molecule has 0 fully saturated rings. The first-order valence-corrected chi connectivity index (χ1v) is 12.1. The Bertz CT molecular complexity index is 483. The monoisotopic (exact) mass is 460 g/mol. The van der Waals surface area contributed by atoms with E-state index in [1.165, 1.54) is 25.7 Å². The number of rotatable bonds is 18. The lowest BCUT2D eigenvalue weighted by Crippen LogP contribution is -2.42. The summed E-state index contributed by atoms with van der Waals surface area (Å²) in [4.78, 5) is 25.8. The van der Waals surface area contributed by atoms with Gasteiger partial charge in [-0.25, -0.2) is 0 Å². The van der Waals surface area contributed by atoms with Crippen LogP contribution in [0.5, 0.6) is 0 Å². The number of carbonyl (C=O) groups excluding carboxylic acids is 2. The molecule has 0 bridgehead atoms. The Kier molecular flexibility index (Phi) is 18.8. The highest BCUT2D eigenvalue weighted by molar-refractivity contribution is 7.89. The molecular weight excluding hydrogens is 420 g/mol. The molecule has 0 aromatic rings. The van der Waals surface area contributed by atoms with Crippen LogP contribution in [0, 0.1) is 0 Å². The Hall–Kier alpha value is -1.28. The van der Waals surface area contributed by atoms with E-state index in [9.17, 15) is 9.59 Å². The number of carbonyl (C=O) groups is 2. The van der Waals surface area contributed by atoms with Crippen molar-refractivity contribution in [2.24, 2.45) is 5.73 Å². The van der Waals surface area contributed by atoms with Gasteiger partial charge in [0.2, 0.25) is 0 Å². The van der Waals surface area contributed by atoms with E-state index in [1.54, 1.807) is 4.90 Å². The van der Waals surface area contributed by atoms with Gasteiger partial charge in [0, 0.05) is 12.8 Å². The van der Waals surface area contributed by atoms with Crippen molar-refractivity contribution in [1.82, 2.24) is 4.90 Å². The summed E-state index contributed by atoms with van der Waals surface area (Å²) in [5, 5.41) is 0. The average Bonchev–Trinajstić information content (AvgIpc) is 2.71. The van der Waals surface area contributed by atoms with E-state index in [0.717, 1.165) is 38.5 Å². The molecule has 30 heavy (non-hydrogen) atoms. The van der Waals surface area contributed by atoms with Crippen molar-refractivity contribution >= 4 is 46.4 Å². The maximum absolute atomic E-state index is 11.8. The minimum atomic E-state index is -0.206. The van der Waals surface area contributed by atoms with Crippen LogP contribution in [0.25, 0.3) is 0 Å². The summed E-state index contributed by atoms with van der Waals surface area (Å²) in [5.74, 6) is -0.413. The summed E-state index contributed by atoms with van der Waals surface area (Å²) in [7, 11) is 0. The van der Waals surface area contributed by atoms with Crippen LogP contribution in [0.4, 0.5) is 0 Å². The molecule has 0 aromatic carbocycles. The normalized spacial score (nSPS) is 10.5. The number of thiocarbonyl (C=S) groups is 2. The molecule has 0 saturated heterocycles. The molecule has 0 aliphatic heterocycles. The third-order valence-corrected chi connectivity index (χ3v) is 5.52. The maximum atomic E-state index is 11.8. The number of unbranched alkanes of at least 4 members (excludes halogenated alkanes) is 8. The van der Waals surface area contributed by atoms with E-state index in [0.29, 0.717) is 30.9 Å². The lowest BCUT2D eigenvalue weighted by atomic mass is 10.1. The molecule has 0 rings (SSSR count). The number of ether oxygens (including phenoxy) is 2. The van der Waals surface area contributed by atoms with Crippen LogP contribution in [0.3, 0.4) is 0 Å². The molecule has 2 N–H and O–H groups in total. The molecule has 0 heterocycles. The average molecular weight is 461 g/mol. The first-order chi connectivity index (χ1) is 14.4. The van der Waals surface area contributed by atoms with Gasteiger partial charge >= 0.3 is 11.9 Å². The first kappa shape index (κ1) is 28.7. The summed E-state index contributed by atoms with van der Waals surface area (Å²) in [6, 6.07) is 0. The molecule has 0 amide bonds. The number of hydrogen-bond donors (Lipinski definition) is 1. The van der Waals surface area contributed by atoms with E-state index in [1.807, 2.05) is 0 Å². The number of nitrogens with zero attached hydrogens (tertiary/aromatic N) is 1. The third-order valence-electron chi connectivity index (χ3n) is 4.72. The molecule has 0 aliphatic rings. The number of hydrogen-bond acceptors (Lipinski definition) is 6. The molecule has 0 radical (unpaired) electrons. The fourth-order valence-corrected chi connectivity index (χ4v) is 3.21. The van der Waals surface area contributed by atoms with Crippen LogP contribution in [-0.2, 0) is 19.1 Å². The van der Waals surface area contributed by atoms with E-state index in [4.69, 9.17) is 39.6 Å². The molecule has 0 atom stereocenters. The summed E-state index contributed by atoms with van der Waals surface area (Å²) in [6.45, 7) is 5.45. The van der Waals surface area contributed by atoms with Gasteiger partial charge in [-0.15, -0.1) is 0 Å². The number of esters is 2. The maximum Gasteiger partial charge on any atom is 0.305 e. The largest absolute Gasteiger partial charge is 0.464 e. The second kappa shape index (κ2) is 19.7. The molecule has 174 valence electrons. The molecule has 0 aliphatic carbocycles. The summed E-state index contributed by atoms with van der Waals surface area (Å²) < 4.78 is 10.6. The molecule has 0 aromatic heterocycles. The summed E-state index contributed by atoms with van der Waals surface area (Å²) in [5.41, 5.74) is 5.64. The summed E-state index contributed by atoms with van der Waals surface area (Å²) in [6.07, 6.45) is 11.7. The Labute approximate surface area is 193 Å². The van der Waals surface area contributed by atoms with Crippen molar-refractivity contribution in [2.75, 3.05) is 26.3 Å². The van der Waals surface area contributed by atoms with E-state index in [-0.39, 0.29) is 30.1 Å². The van der Waals surface area contributed by atoms with E-state index < -0.39 is 0 Å².